The van der Waals surface area contributed by atoms with Crippen LogP contribution in [0.4, 0.5) is 29.1 Å². The molecule has 0 aliphatic heterocycles. The number of halogens is 3. The first-order valence-corrected chi connectivity index (χ1v) is 14.9. The number of benzene rings is 2. The lowest BCUT2D eigenvalue weighted by Gasteiger charge is -2.11. The Morgan fingerprint density at radius 3 is 1.72 bits per heavy atom. The lowest BCUT2D eigenvalue weighted by Crippen LogP contribution is -2.16. The van der Waals surface area contributed by atoms with E-state index in [-0.39, 0.29) is 0 Å². The first-order valence-electron chi connectivity index (χ1n) is 13.7. The van der Waals surface area contributed by atoms with Gasteiger partial charge in [-0.15, -0.1) is 0 Å². The molecule has 2 aromatic heterocycles. The van der Waals surface area contributed by atoms with E-state index >= 15 is 0 Å². The first kappa shape index (κ1) is 35.9. The summed E-state index contributed by atoms with van der Waals surface area (Å²) in [6.07, 6.45) is 5.48. The average Bonchev–Trinajstić information content (AvgIpc) is 2.95. The van der Waals surface area contributed by atoms with E-state index in [0.717, 1.165) is 56.2 Å². The number of hydrogen-bond donors (Lipinski definition) is 4. The van der Waals surface area contributed by atoms with Gasteiger partial charge >= 0.3 is 0 Å². The molecule has 0 fully saturated rings. The molecule has 2 aromatic carbocycles. The summed E-state index contributed by atoms with van der Waals surface area (Å²) in [5.74, 6) is 1.81. The molecule has 0 radical (unpaired) electrons. The van der Waals surface area contributed by atoms with Crippen LogP contribution in [0.15, 0.2) is 73.1 Å². The highest BCUT2D eigenvalue weighted by Crippen LogP contribution is 2.19. The van der Waals surface area contributed by atoms with Gasteiger partial charge in [-0.05, 0) is 109 Å². The van der Waals surface area contributed by atoms with Gasteiger partial charge in [0, 0.05) is 40.4 Å². The quantitative estimate of drug-likeness (QED) is 0.0981. The van der Waals surface area contributed by atoms with E-state index in [1.807, 2.05) is 42.5 Å². The van der Waals surface area contributed by atoms with Crippen molar-refractivity contribution in [1.82, 2.24) is 29.7 Å². The van der Waals surface area contributed by atoms with Gasteiger partial charge in [0.05, 0.1) is 0 Å². The third-order valence-corrected chi connectivity index (χ3v) is 6.02. The summed E-state index contributed by atoms with van der Waals surface area (Å²) in [6, 6.07) is 18.2. The minimum Gasteiger partial charge on any atom is -0.370 e. The van der Waals surface area contributed by atoms with Crippen molar-refractivity contribution < 1.29 is 0 Å². The van der Waals surface area contributed by atoms with Crippen molar-refractivity contribution in [1.29, 1.82) is 0 Å². The van der Waals surface area contributed by atoms with Gasteiger partial charge < -0.3 is 31.5 Å². The van der Waals surface area contributed by atoms with Crippen molar-refractivity contribution in [3.05, 3.63) is 88.3 Å². The first-order chi connectivity index (χ1) is 20.6. The van der Waals surface area contributed by atoms with Gasteiger partial charge in [0.2, 0.25) is 11.9 Å². The van der Waals surface area contributed by atoms with Crippen LogP contribution in [0.2, 0.25) is 15.2 Å². The summed E-state index contributed by atoms with van der Waals surface area (Å²) in [5, 5.41) is 11.2. The van der Waals surface area contributed by atoms with Crippen LogP contribution in [-0.2, 0) is 0 Å². The van der Waals surface area contributed by atoms with Crippen molar-refractivity contribution in [2.75, 3.05) is 70.3 Å². The van der Waals surface area contributed by atoms with Crippen LogP contribution in [0.1, 0.15) is 12.8 Å². The number of nitrogens with one attached hydrogen (secondary N) is 3. The molecule has 0 aliphatic carbocycles. The van der Waals surface area contributed by atoms with Gasteiger partial charge in [-0.25, -0.2) is 15.0 Å². The number of aromatic nitrogens is 4. The van der Waals surface area contributed by atoms with Crippen molar-refractivity contribution in [3.63, 3.8) is 0 Å². The number of nitrogens with two attached hydrogens (primary N) is 1. The van der Waals surface area contributed by atoms with Crippen LogP contribution in [0, 0.1) is 0 Å². The second-order valence-corrected chi connectivity index (χ2v) is 11.0. The average molecular weight is 648 g/mol. The van der Waals surface area contributed by atoms with E-state index in [4.69, 9.17) is 40.5 Å². The lowest BCUT2D eigenvalue weighted by atomic mass is 10.3. The van der Waals surface area contributed by atoms with Crippen molar-refractivity contribution in [3.8, 4) is 0 Å². The largest absolute Gasteiger partial charge is 0.370 e. The van der Waals surface area contributed by atoms with Crippen molar-refractivity contribution in [2.24, 2.45) is 5.73 Å². The smallest absolute Gasteiger partial charge is 0.229 e. The topological polar surface area (TPSA) is 120 Å². The van der Waals surface area contributed by atoms with Crippen LogP contribution < -0.4 is 21.7 Å². The number of anilines is 5. The molecule has 10 nitrogen and oxygen atoms in total. The fourth-order valence-electron chi connectivity index (χ4n) is 3.32. The Hall–Kier alpha value is -3.25. The van der Waals surface area contributed by atoms with Gasteiger partial charge in [-0.3, -0.25) is 0 Å². The molecule has 0 aliphatic rings. The van der Waals surface area contributed by atoms with Crippen molar-refractivity contribution in [2.45, 2.75) is 12.8 Å². The highest BCUT2D eigenvalue weighted by Gasteiger charge is 2.01. The van der Waals surface area contributed by atoms with E-state index in [0.29, 0.717) is 27.1 Å². The van der Waals surface area contributed by atoms with E-state index in [2.05, 4.69) is 73.9 Å². The minimum absolute atomic E-state index is 0.398. The molecule has 0 unspecified atom stereocenters. The fourth-order valence-corrected chi connectivity index (χ4v) is 3.84. The van der Waals surface area contributed by atoms with Gasteiger partial charge in [0.15, 0.2) is 0 Å². The van der Waals surface area contributed by atoms with Gasteiger partial charge in [0.1, 0.15) is 11.0 Å². The highest BCUT2D eigenvalue weighted by molar-refractivity contribution is 6.31. The molecule has 0 atom stereocenters. The van der Waals surface area contributed by atoms with Crippen molar-refractivity contribution >= 4 is 63.9 Å². The summed E-state index contributed by atoms with van der Waals surface area (Å²) in [7, 11) is 8.24. The number of rotatable bonds is 12. The van der Waals surface area contributed by atoms with Crippen LogP contribution in [0.5, 0.6) is 0 Å². The van der Waals surface area contributed by atoms with Gasteiger partial charge in [-0.1, -0.05) is 46.9 Å². The molecule has 2 heterocycles. The molecule has 0 bridgehead atoms. The number of nitrogens with zero attached hydrogens (tertiary/aromatic N) is 6. The molecule has 0 saturated carbocycles. The Balaban J connectivity index is 0.000000255. The van der Waals surface area contributed by atoms with E-state index in [9.17, 15) is 0 Å². The molecule has 4 rings (SSSR count). The predicted molar refractivity (Wildman–Crippen MR) is 182 cm³/mol. The molecule has 4 aromatic rings. The zero-order valence-electron chi connectivity index (χ0n) is 25.1. The zero-order valence-corrected chi connectivity index (χ0v) is 27.3. The summed E-state index contributed by atoms with van der Waals surface area (Å²) in [6.45, 7) is 3.84. The van der Waals surface area contributed by atoms with Crippen LogP contribution in [0.3, 0.4) is 0 Å². The molecule has 43 heavy (non-hydrogen) atoms. The van der Waals surface area contributed by atoms with Crippen LogP contribution >= 0.6 is 34.8 Å². The van der Waals surface area contributed by atoms with Crippen LogP contribution in [-0.4, -0.2) is 84.1 Å². The predicted octanol–water partition coefficient (Wildman–Crippen LogP) is 6.66. The number of hydrogen-bond acceptors (Lipinski definition) is 10. The minimum atomic E-state index is 0.398. The molecule has 0 spiro atoms. The van der Waals surface area contributed by atoms with Crippen LogP contribution in [0.25, 0.3) is 0 Å². The Morgan fingerprint density at radius 2 is 1.23 bits per heavy atom. The highest BCUT2D eigenvalue weighted by atomic mass is 35.5. The normalized spacial score (nSPS) is 10.4. The van der Waals surface area contributed by atoms with E-state index < -0.39 is 0 Å². The Labute approximate surface area is 270 Å². The molecule has 232 valence electrons. The maximum atomic E-state index is 5.96. The fraction of sp³-hybridized carbons (Fsp3) is 0.333. The third-order valence-electron chi connectivity index (χ3n) is 5.34. The van der Waals surface area contributed by atoms with E-state index in [1.165, 1.54) is 0 Å². The zero-order chi connectivity index (χ0) is 31.5. The third kappa shape index (κ3) is 16.8. The molecular formula is C30H41Cl3N10. The molecule has 0 saturated heterocycles. The Morgan fingerprint density at radius 1 is 0.698 bits per heavy atom. The molecular weight excluding hydrogens is 607 g/mol. The standard InChI is InChI=1S/C15H20ClN5.C10H7Cl2N3.C5H14N2/c1-21(2)10-4-8-17-14-7-9-18-15(20-14)19-13-6-3-5-12(16)11-13;11-7-2-1-3-8(6-7)14-10-13-5-4-9(12)15-10;1-7(2)5-3-4-6/h3,5-7,9,11H,4,8,10H2,1-2H3,(H2,17,18,19,20);1-6H,(H,13,14,15);3-6H2,1-2H3. The van der Waals surface area contributed by atoms with Gasteiger partial charge in [0.25, 0.3) is 0 Å². The lowest BCUT2D eigenvalue weighted by molar-refractivity contribution is 0.403. The maximum Gasteiger partial charge on any atom is 0.229 e. The summed E-state index contributed by atoms with van der Waals surface area (Å²) in [4.78, 5) is 20.9. The summed E-state index contributed by atoms with van der Waals surface area (Å²) >= 11 is 17.5. The molecule has 5 N–H and O–H groups in total. The SMILES string of the molecule is CN(C)CCCN.CN(C)CCCNc1ccnc(Nc2cccc(Cl)c2)n1.Clc1cccc(Nc2nccc(Cl)n2)c1. The molecule has 13 heteroatoms. The Bertz CT molecular complexity index is 1300. The molecule has 0 amide bonds. The monoisotopic (exact) mass is 646 g/mol. The summed E-state index contributed by atoms with van der Waals surface area (Å²) < 4.78 is 0. The second-order valence-electron chi connectivity index (χ2n) is 9.77. The second kappa shape index (κ2) is 20.6. The summed E-state index contributed by atoms with van der Waals surface area (Å²) in [5.41, 5.74) is 6.94. The van der Waals surface area contributed by atoms with E-state index in [1.54, 1.807) is 30.6 Å². The van der Waals surface area contributed by atoms with Gasteiger partial charge in [-0.2, -0.15) is 4.98 Å². The Kier molecular flexibility index (Phi) is 17.2. The maximum absolute atomic E-state index is 5.96.